The van der Waals surface area contributed by atoms with Crippen LogP contribution in [-0.4, -0.2) is 23.0 Å². The molecule has 0 aliphatic heterocycles. The fourth-order valence-electron chi connectivity index (χ4n) is 1.39. The van der Waals surface area contributed by atoms with Gasteiger partial charge in [-0.1, -0.05) is 12.2 Å². The van der Waals surface area contributed by atoms with E-state index in [1.54, 1.807) is 43.8 Å². The summed E-state index contributed by atoms with van der Waals surface area (Å²) in [7, 11) is 1.55. The second-order valence-corrected chi connectivity index (χ2v) is 3.86. The Kier molecular flexibility index (Phi) is 3.69. The predicted molar refractivity (Wildman–Crippen MR) is 70.4 cm³/mol. The molecule has 6 heteroatoms. The topological polar surface area (TPSA) is 67.0 Å². The summed E-state index contributed by atoms with van der Waals surface area (Å²) in [6.45, 7) is 0. The second kappa shape index (κ2) is 5.42. The maximum absolute atomic E-state index is 12.0. The Morgan fingerprint density at radius 2 is 2.33 bits per heavy atom. The van der Waals surface area contributed by atoms with Crippen LogP contribution in [0.4, 0.5) is 5.82 Å². The highest BCUT2D eigenvalue weighted by Crippen LogP contribution is 2.14. The van der Waals surface area contributed by atoms with Gasteiger partial charge in [0.05, 0.1) is 12.7 Å². The van der Waals surface area contributed by atoms with E-state index in [2.05, 4.69) is 15.3 Å². The van der Waals surface area contributed by atoms with E-state index in [0.29, 0.717) is 21.8 Å². The normalized spacial score (nSPS) is 9.83. The third-order valence-electron chi connectivity index (χ3n) is 2.27. The fraction of sp³-hybridized carbons (Fsp3) is 0.0833. The minimum absolute atomic E-state index is 0.308. The third kappa shape index (κ3) is 2.72. The Morgan fingerprint density at radius 3 is 3.06 bits per heavy atom. The third-order valence-corrected chi connectivity index (χ3v) is 2.61. The molecule has 92 valence electrons. The zero-order valence-corrected chi connectivity index (χ0v) is 10.5. The maximum atomic E-state index is 12.0. The number of amides is 1. The van der Waals surface area contributed by atoms with Crippen LogP contribution in [-0.2, 0) is 0 Å². The average Bonchev–Trinajstić information content (AvgIpc) is 2.39. The van der Waals surface area contributed by atoms with E-state index in [-0.39, 0.29) is 5.91 Å². The number of aromatic nitrogens is 2. The molecule has 2 N–H and O–H groups in total. The van der Waals surface area contributed by atoms with Crippen molar-refractivity contribution in [3.05, 3.63) is 46.9 Å². The Bertz CT molecular complexity index is 624. The summed E-state index contributed by atoms with van der Waals surface area (Å²) in [5.41, 5.74) is 0.400. The summed E-state index contributed by atoms with van der Waals surface area (Å²) < 4.78 is 5.43. The highest BCUT2D eigenvalue weighted by molar-refractivity contribution is 7.71. The Balaban J connectivity index is 2.21. The number of aromatic amines is 1. The summed E-state index contributed by atoms with van der Waals surface area (Å²) >= 11 is 5.03. The van der Waals surface area contributed by atoms with Crippen LogP contribution >= 0.6 is 12.2 Å². The number of H-pyrrole nitrogens is 1. The molecule has 0 aliphatic carbocycles. The first kappa shape index (κ1) is 12.3. The first-order chi connectivity index (χ1) is 8.70. The number of nitrogens with one attached hydrogen (secondary N) is 2. The van der Waals surface area contributed by atoms with Crippen molar-refractivity contribution in [2.75, 3.05) is 12.4 Å². The number of ether oxygens (including phenoxy) is 1. The van der Waals surface area contributed by atoms with Gasteiger partial charge in [-0.3, -0.25) is 4.79 Å². The van der Waals surface area contributed by atoms with Crippen LogP contribution in [0.3, 0.4) is 0 Å². The van der Waals surface area contributed by atoms with Crippen molar-refractivity contribution in [3.8, 4) is 5.75 Å². The van der Waals surface area contributed by atoms with Crippen molar-refractivity contribution in [1.29, 1.82) is 0 Å². The molecular weight excluding hydrogens is 250 g/mol. The number of carbonyl (C=O) groups is 1. The summed E-state index contributed by atoms with van der Waals surface area (Å²) in [6, 6.07) is 6.69. The van der Waals surface area contributed by atoms with E-state index in [1.165, 1.54) is 0 Å². The number of pyridine rings is 2. The van der Waals surface area contributed by atoms with Crippen LogP contribution in [0.5, 0.6) is 5.75 Å². The lowest BCUT2D eigenvalue weighted by atomic mass is 10.2. The molecule has 2 aromatic heterocycles. The van der Waals surface area contributed by atoms with E-state index in [9.17, 15) is 4.79 Å². The highest BCUT2D eigenvalue weighted by atomic mass is 32.1. The lowest BCUT2D eigenvalue weighted by Gasteiger charge is -2.05. The van der Waals surface area contributed by atoms with E-state index >= 15 is 0 Å². The highest BCUT2D eigenvalue weighted by Gasteiger charge is 2.08. The first-order valence-corrected chi connectivity index (χ1v) is 5.60. The van der Waals surface area contributed by atoms with E-state index in [1.807, 2.05) is 0 Å². The van der Waals surface area contributed by atoms with Crippen LogP contribution in [0.25, 0.3) is 0 Å². The largest absolute Gasteiger partial charge is 0.497 e. The number of carbonyl (C=O) groups excluding carboxylic acids is 1. The number of nitrogens with zero attached hydrogens (tertiary/aromatic N) is 1. The van der Waals surface area contributed by atoms with Crippen molar-refractivity contribution in [2.24, 2.45) is 0 Å². The van der Waals surface area contributed by atoms with E-state index < -0.39 is 0 Å². The smallest absolute Gasteiger partial charge is 0.259 e. The van der Waals surface area contributed by atoms with Crippen molar-refractivity contribution in [1.82, 2.24) is 9.97 Å². The molecule has 0 aliphatic rings. The summed E-state index contributed by atoms with van der Waals surface area (Å²) in [5.74, 6) is 0.730. The zero-order valence-electron chi connectivity index (χ0n) is 9.64. The lowest BCUT2D eigenvalue weighted by Crippen LogP contribution is -2.13. The Hall–Kier alpha value is -2.21. The Labute approximate surface area is 109 Å². The van der Waals surface area contributed by atoms with Crippen LogP contribution in [0.2, 0.25) is 0 Å². The van der Waals surface area contributed by atoms with Gasteiger partial charge in [0.1, 0.15) is 16.2 Å². The molecule has 0 unspecified atom stereocenters. The van der Waals surface area contributed by atoms with Crippen LogP contribution < -0.4 is 10.1 Å². The SMILES string of the molecule is COc1ccnc(NC(=O)c2ccc[nH]c2=S)c1. The molecule has 0 bridgehead atoms. The number of rotatable bonds is 3. The summed E-state index contributed by atoms with van der Waals surface area (Å²) in [5, 5.41) is 2.66. The molecule has 0 aromatic carbocycles. The first-order valence-electron chi connectivity index (χ1n) is 5.20. The molecule has 2 aromatic rings. The van der Waals surface area contributed by atoms with Gasteiger partial charge in [0, 0.05) is 18.5 Å². The summed E-state index contributed by atoms with van der Waals surface area (Å²) in [6.07, 6.45) is 3.23. The Morgan fingerprint density at radius 1 is 1.50 bits per heavy atom. The number of methoxy groups -OCH3 is 1. The standard InChI is InChI=1S/C12H11N3O2S/c1-17-8-4-6-13-10(7-8)15-11(16)9-3-2-5-14-12(9)18/h2-7H,1H3,(H,14,18)(H,13,15,16). The molecule has 0 saturated carbocycles. The van der Waals surface area contributed by atoms with Crippen molar-refractivity contribution < 1.29 is 9.53 Å². The monoisotopic (exact) mass is 261 g/mol. The van der Waals surface area contributed by atoms with Gasteiger partial charge in [-0.05, 0) is 18.2 Å². The molecule has 1 amide bonds. The lowest BCUT2D eigenvalue weighted by molar-refractivity contribution is 0.102. The molecule has 18 heavy (non-hydrogen) atoms. The number of anilines is 1. The molecule has 0 radical (unpaired) electrons. The molecule has 0 spiro atoms. The number of hydrogen-bond acceptors (Lipinski definition) is 4. The van der Waals surface area contributed by atoms with E-state index in [0.717, 1.165) is 0 Å². The second-order valence-electron chi connectivity index (χ2n) is 3.45. The minimum Gasteiger partial charge on any atom is -0.497 e. The molecule has 5 nitrogen and oxygen atoms in total. The molecule has 2 heterocycles. The van der Waals surface area contributed by atoms with Crippen LogP contribution in [0, 0.1) is 4.64 Å². The molecular formula is C12H11N3O2S. The van der Waals surface area contributed by atoms with Gasteiger partial charge in [-0.15, -0.1) is 0 Å². The van der Waals surface area contributed by atoms with E-state index in [4.69, 9.17) is 17.0 Å². The maximum Gasteiger partial charge on any atom is 0.259 e. The van der Waals surface area contributed by atoms with Gasteiger partial charge >= 0.3 is 0 Å². The minimum atomic E-state index is -0.308. The van der Waals surface area contributed by atoms with Crippen molar-refractivity contribution >= 4 is 23.9 Å². The predicted octanol–water partition coefficient (Wildman–Crippen LogP) is 2.40. The van der Waals surface area contributed by atoms with Crippen LogP contribution in [0.1, 0.15) is 10.4 Å². The quantitative estimate of drug-likeness (QED) is 0.833. The van der Waals surface area contributed by atoms with Crippen LogP contribution in [0.15, 0.2) is 36.7 Å². The molecule has 2 rings (SSSR count). The van der Waals surface area contributed by atoms with Gasteiger partial charge in [0.2, 0.25) is 0 Å². The fourth-order valence-corrected chi connectivity index (χ4v) is 1.62. The summed E-state index contributed by atoms with van der Waals surface area (Å²) in [4.78, 5) is 18.8. The average molecular weight is 261 g/mol. The van der Waals surface area contributed by atoms with Gasteiger partial charge in [-0.25, -0.2) is 4.98 Å². The van der Waals surface area contributed by atoms with Crippen molar-refractivity contribution in [2.45, 2.75) is 0 Å². The zero-order chi connectivity index (χ0) is 13.0. The molecule has 0 atom stereocenters. The van der Waals surface area contributed by atoms with Gasteiger partial charge < -0.3 is 15.0 Å². The van der Waals surface area contributed by atoms with Gasteiger partial charge in [-0.2, -0.15) is 0 Å². The van der Waals surface area contributed by atoms with Crippen molar-refractivity contribution in [3.63, 3.8) is 0 Å². The van der Waals surface area contributed by atoms with Gasteiger partial charge in [0.25, 0.3) is 5.91 Å². The molecule has 0 fully saturated rings. The number of hydrogen-bond donors (Lipinski definition) is 2. The molecule has 0 saturated heterocycles. The van der Waals surface area contributed by atoms with Gasteiger partial charge in [0.15, 0.2) is 0 Å².